The van der Waals surface area contributed by atoms with Crippen LogP contribution in [0.2, 0.25) is 0 Å². The third-order valence-electron chi connectivity index (χ3n) is 6.03. The van der Waals surface area contributed by atoms with Crippen LogP contribution in [-0.4, -0.2) is 34.4 Å². The Kier molecular flexibility index (Phi) is 5.16. The number of carbonyl (C=O) groups excluding carboxylic acids is 1. The number of nitrogens with one attached hydrogen (secondary N) is 1. The van der Waals surface area contributed by atoms with Gasteiger partial charge < -0.3 is 10.2 Å². The zero-order valence-electron chi connectivity index (χ0n) is 16.5. The van der Waals surface area contributed by atoms with Crippen LogP contribution in [0.5, 0.6) is 0 Å². The molecule has 1 unspecified atom stereocenters. The maximum absolute atomic E-state index is 13.2. The maximum atomic E-state index is 13.2. The van der Waals surface area contributed by atoms with E-state index < -0.39 is 0 Å². The second-order valence-corrected chi connectivity index (χ2v) is 10.1. The van der Waals surface area contributed by atoms with Crippen LogP contribution in [0.3, 0.4) is 0 Å². The van der Waals surface area contributed by atoms with E-state index in [9.17, 15) is 14.4 Å². The molecule has 2 aliphatic rings. The van der Waals surface area contributed by atoms with E-state index in [-0.39, 0.29) is 17.3 Å². The average molecular weight is 451 g/mol. The summed E-state index contributed by atoms with van der Waals surface area (Å²) in [6.45, 7) is 1.29. The monoisotopic (exact) mass is 450 g/mol. The van der Waals surface area contributed by atoms with Crippen molar-refractivity contribution in [2.75, 3.05) is 13.1 Å². The fraction of sp³-hybridized carbons (Fsp3) is 0.261. The quantitative estimate of drug-likeness (QED) is 0.567. The van der Waals surface area contributed by atoms with Gasteiger partial charge in [-0.2, -0.15) is 5.26 Å². The molecule has 1 saturated heterocycles. The lowest BCUT2D eigenvalue weighted by molar-refractivity contribution is 0.0762. The summed E-state index contributed by atoms with van der Waals surface area (Å²) in [5, 5.41) is 12.8. The molecule has 1 amide bonds. The molecule has 5 rings (SSSR count). The van der Waals surface area contributed by atoms with E-state index in [4.69, 9.17) is 0 Å². The van der Waals surface area contributed by atoms with Crippen molar-refractivity contribution >= 4 is 29.0 Å². The van der Waals surface area contributed by atoms with Crippen LogP contribution in [0.25, 0.3) is 10.4 Å². The van der Waals surface area contributed by atoms with Crippen molar-refractivity contribution < 1.29 is 9.18 Å². The lowest BCUT2D eigenvalue weighted by atomic mass is 9.69. The maximum Gasteiger partial charge on any atom is 0.280 e. The van der Waals surface area contributed by atoms with Gasteiger partial charge in [0, 0.05) is 34.0 Å². The molecular weight excluding hydrogens is 431 g/mol. The predicted molar refractivity (Wildman–Crippen MR) is 118 cm³/mol. The Morgan fingerprint density at radius 2 is 2.10 bits per heavy atom. The number of thiazole rings is 1. The van der Waals surface area contributed by atoms with Crippen LogP contribution >= 0.6 is 23.1 Å². The van der Waals surface area contributed by atoms with Gasteiger partial charge in [-0.05, 0) is 43.2 Å². The molecule has 0 bridgehead atoms. The number of benzene rings is 2. The Labute approximate surface area is 187 Å². The number of hydrogen-bond acceptors (Lipinski definition) is 6. The molecule has 3 aromatic rings. The van der Waals surface area contributed by atoms with Gasteiger partial charge in [0.1, 0.15) is 5.82 Å². The first-order valence-electron chi connectivity index (χ1n) is 10.0. The number of fused-ring (bicyclic) bond motifs is 1. The van der Waals surface area contributed by atoms with Gasteiger partial charge in [0.05, 0.1) is 17.0 Å². The number of hydrogen-bond donors (Lipinski definition) is 1. The number of nitriles is 1. The van der Waals surface area contributed by atoms with E-state index in [2.05, 4.69) is 16.5 Å². The Morgan fingerprint density at radius 3 is 2.84 bits per heavy atom. The van der Waals surface area contributed by atoms with Gasteiger partial charge in [0.25, 0.3) is 5.91 Å². The van der Waals surface area contributed by atoms with Gasteiger partial charge in [0.2, 0.25) is 0 Å². The number of halogens is 1. The van der Waals surface area contributed by atoms with Gasteiger partial charge in [-0.15, -0.1) is 11.3 Å². The average Bonchev–Trinajstić information content (AvgIpc) is 3.35. The second-order valence-electron chi connectivity index (χ2n) is 7.91. The Morgan fingerprint density at radius 1 is 1.29 bits per heavy atom. The predicted octanol–water partition coefficient (Wildman–Crippen LogP) is 4.78. The molecule has 1 aliphatic carbocycles. The molecule has 5 nitrogen and oxygen atoms in total. The standard InChI is InChI=1S/C23H19FN4OS2/c24-16-5-7-17(8-6-16)30-19-4-2-1-3-18(19)20-11-26-22(31-20)21(29)27-23-10-9-15(23)12-28(13-23)14-25/h1-8,11,15H,9-10,12-13H2,(H,27,29)/t15?,23-/m0/s1. The SMILES string of the molecule is N#CN1CC2CC[C@]2(NC(=O)c2ncc(-c3ccccc3Sc3ccc(F)cc3)s2)C1. The summed E-state index contributed by atoms with van der Waals surface area (Å²) in [4.78, 5) is 21.9. The van der Waals surface area contributed by atoms with Crippen LogP contribution < -0.4 is 5.32 Å². The van der Waals surface area contributed by atoms with Crippen molar-refractivity contribution in [2.45, 2.75) is 28.2 Å². The number of carbonyl (C=O) groups is 1. The molecule has 1 saturated carbocycles. The van der Waals surface area contributed by atoms with Crippen LogP contribution in [0.15, 0.2) is 64.5 Å². The molecule has 2 heterocycles. The molecule has 0 radical (unpaired) electrons. The number of nitrogens with zero attached hydrogens (tertiary/aromatic N) is 3. The molecule has 8 heteroatoms. The summed E-state index contributed by atoms with van der Waals surface area (Å²) in [6, 6.07) is 14.3. The van der Waals surface area contributed by atoms with Crippen molar-refractivity contribution in [3.05, 3.63) is 65.6 Å². The summed E-state index contributed by atoms with van der Waals surface area (Å²) in [6.07, 6.45) is 5.87. The summed E-state index contributed by atoms with van der Waals surface area (Å²) in [5.41, 5.74) is 0.694. The van der Waals surface area contributed by atoms with Crippen LogP contribution in [0.1, 0.15) is 22.6 Å². The summed E-state index contributed by atoms with van der Waals surface area (Å²) < 4.78 is 13.2. The topological polar surface area (TPSA) is 69.0 Å². The Hall–Kier alpha value is -2.89. The summed E-state index contributed by atoms with van der Waals surface area (Å²) >= 11 is 2.91. The minimum absolute atomic E-state index is 0.176. The van der Waals surface area contributed by atoms with Gasteiger partial charge in [-0.1, -0.05) is 30.0 Å². The van der Waals surface area contributed by atoms with Crippen molar-refractivity contribution in [3.8, 4) is 16.6 Å². The van der Waals surface area contributed by atoms with E-state index in [1.807, 2.05) is 24.3 Å². The van der Waals surface area contributed by atoms with Crippen LogP contribution in [0.4, 0.5) is 4.39 Å². The third kappa shape index (κ3) is 3.80. The van der Waals surface area contributed by atoms with Gasteiger partial charge >= 0.3 is 0 Å². The Balaban J connectivity index is 1.35. The minimum Gasteiger partial charge on any atom is -0.342 e. The molecule has 1 N–H and O–H groups in total. The smallest absolute Gasteiger partial charge is 0.280 e. The summed E-state index contributed by atoms with van der Waals surface area (Å²) in [7, 11) is 0. The fourth-order valence-corrected chi connectivity index (χ4v) is 6.17. The molecule has 2 atom stereocenters. The van der Waals surface area contributed by atoms with Crippen LogP contribution in [-0.2, 0) is 0 Å². The number of aromatic nitrogens is 1. The highest BCUT2D eigenvalue weighted by atomic mass is 32.2. The van der Waals surface area contributed by atoms with Gasteiger partial charge in [0.15, 0.2) is 11.2 Å². The van der Waals surface area contributed by atoms with E-state index in [0.717, 1.165) is 33.1 Å². The molecule has 1 aliphatic heterocycles. The minimum atomic E-state index is -0.297. The molecule has 0 spiro atoms. The highest BCUT2D eigenvalue weighted by molar-refractivity contribution is 7.99. The number of rotatable bonds is 5. The van der Waals surface area contributed by atoms with Crippen molar-refractivity contribution in [2.24, 2.45) is 5.92 Å². The van der Waals surface area contributed by atoms with E-state index >= 15 is 0 Å². The highest BCUT2D eigenvalue weighted by Gasteiger charge is 2.54. The van der Waals surface area contributed by atoms with Crippen molar-refractivity contribution in [1.29, 1.82) is 5.26 Å². The zero-order valence-corrected chi connectivity index (χ0v) is 18.2. The zero-order chi connectivity index (χ0) is 21.4. The van der Waals surface area contributed by atoms with Crippen molar-refractivity contribution in [3.63, 3.8) is 0 Å². The van der Waals surface area contributed by atoms with E-state index in [1.54, 1.807) is 35.0 Å². The lowest BCUT2D eigenvalue weighted by Gasteiger charge is -2.44. The normalized spacial score (nSPS) is 21.8. The largest absolute Gasteiger partial charge is 0.342 e. The van der Waals surface area contributed by atoms with E-state index in [0.29, 0.717) is 24.0 Å². The lowest BCUT2D eigenvalue weighted by Crippen LogP contribution is -2.60. The van der Waals surface area contributed by atoms with E-state index in [1.165, 1.54) is 23.5 Å². The van der Waals surface area contributed by atoms with Gasteiger partial charge in [-0.3, -0.25) is 4.79 Å². The third-order valence-corrected chi connectivity index (χ3v) is 8.15. The molecular formula is C23H19FN4OS2. The molecule has 1 aromatic heterocycles. The highest BCUT2D eigenvalue weighted by Crippen LogP contribution is 2.44. The first-order chi connectivity index (χ1) is 15.1. The molecule has 2 aromatic carbocycles. The number of amides is 1. The Bertz CT molecular complexity index is 1170. The fourth-order valence-electron chi connectivity index (χ4n) is 4.29. The van der Waals surface area contributed by atoms with Gasteiger partial charge in [-0.25, -0.2) is 9.37 Å². The van der Waals surface area contributed by atoms with Crippen molar-refractivity contribution in [1.82, 2.24) is 15.2 Å². The first kappa shape index (κ1) is 20.0. The first-order valence-corrected chi connectivity index (χ1v) is 11.7. The molecule has 31 heavy (non-hydrogen) atoms. The summed E-state index contributed by atoms with van der Waals surface area (Å²) in [5.74, 6) is -0.100. The second kappa shape index (κ2) is 7.98. The number of likely N-dealkylation sites (tertiary alicyclic amines) is 1. The van der Waals surface area contributed by atoms with Crippen LogP contribution in [0, 0.1) is 23.2 Å². The molecule has 2 fully saturated rings. The molecule has 156 valence electrons.